The van der Waals surface area contributed by atoms with E-state index in [9.17, 15) is 4.79 Å². The second-order valence-corrected chi connectivity index (χ2v) is 4.15. The predicted octanol–water partition coefficient (Wildman–Crippen LogP) is 1.48. The van der Waals surface area contributed by atoms with Crippen LogP contribution in [0, 0.1) is 0 Å². The molecule has 1 saturated carbocycles. The molecule has 0 saturated heterocycles. The Kier molecular flexibility index (Phi) is 3.04. The average Bonchev–Trinajstić information content (AvgIpc) is 2.66. The topological polar surface area (TPSA) is 46.9 Å². The molecule has 0 aliphatic heterocycles. The van der Waals surface area contributed by atoms with Gasteiger partial charge in [-0.15, -0.1) is 0 Å². The number of aryl methyl sites for hydroxylation is 1. The fourth-order valence-corrected chi connectivity index (χ4v) is 2.10. The van der Waals surface area contributed by atoms with Gasteiger partial charge < -0.3 is 5.32 Å². The number of carbonyl (C=O) groups excluding carboxylic acids is 1. The van der Waals surface area contributed by atoms with Gasteiger partial charge in [0.15, 0.2) is 0 Å². The van der Waals surface area contributed by atoms with Crippen molar-refractivity contribution in [2.45, 2.75) is 38.1 Å². The largest absolute Gasteiger partial charge is 0.348 e. The predicted molar refractivity (Wildman–Crippen MR) is 57.5 cm³/mol. The highest BCUT2D eigenvalue weighted by molar-refractivity contribution is 5.92. The molecule has 0 aromatic carbocycles. The van der Waals surface area contributed by atoms with Crippen molar-refractivity contribution in [2.75, 3.05) is 0 Å². The Morgan fingerprint density at radius 3 is 2.80 bits per heavy atom. The number of carbonyl (C=O) groups is 1. The molecule has 0 unspecified atom stereocenters. The van der Waals surface area contributed by atoms with Gasteiger partial charge in [-0.25, -0.2) is 0 Å². The first-order chi connectivity index (χ1) is 7.27. The molecule has 4 heteroatoms. The Bertz CT molecular complexity index is 339. The summed E-state index contributed by atoms with van der Waals surface area (Å²) in [6.07, 6.45) is 7.65. The summed E-state index contributed by atoms with van der Waals surface area (Å²) in [5, 5.41) is 7.05. The first kappa shape index (κ1) is 10.2. The van der Waals surface area contributed by atoms with E-state index in [1.165, 1.54) is 19.3 Å². The zero-order valence-corrected chi connectivity index (χ0v) is 9.07. The maximum Gasteiger partial charge on any atom is 0.269 e. The summed E-state index contributed by atoms with van der Waals surface area (Å²) >= 11 is 0. The number of nitrogens with zero attached hydrogens (tertiary/aromatic N) is 2. The van der Waals surface area contributed by atoms with Crippen LogP contribution in [0.4, 0.5) is 0 Å². The minimum absolute atomic E-state index is 0.00176. The second kappa shape index (κ2) is 4.47. The smallest absolute Gasteiger partial charge is 0.269 e. The zero-order chi connectivity index (χ0) is 10.7. The molecular formula is C11H17N3O. The van der Waals surface area contributed by atoms with Crippen molar-refractivity contribution in [3.8, 4) is 0 Å². The number of rotatable bonds is 2. The summed E-state index contributed by atoms with van der Waals surface area (Å²) in [7, 11) is 1.79. The molecular weight excluding hydrogens is 190 g/mol. The van der Waals surface area contributed by atoms with Crippen LogP contribution >= 0.6 is 0 Å². The lowest BCUT2D eigenvalue weighted by Crippen LogP contribution is -2.37. The summed E-state index contributed by atoms with van der Waals surface area (Å²) in [6, 6.07) is 2.11. The van der Waals surface area contributed by atoms with Crippen LogP contribution in [0.5, 0.6) is 0 Å². The number of amides is 1. The van der Waals surface area contributed by atoms with Gasteiger partial charge >= 0.3 is 0 Å². The normalized spacial score (nSPS) is 17.7. The van der Waals surface area contributed by atoms with E-state index in [4.69, 9.17) is 0 Å². The lowest BCUT2D eigenvalue weighted by atomic mass is 9.95. The van der Waals surface area contributed by atoms with Crippen LogP contribution in [0.2, 0.25) is 0 Å². The summed E-state index contributed by atoms with van der Waals surface area (Å²) in [6.45, 7) is 0. The molecule has 1 aliphatic rings. The minimum atomic E-state index is 0.00176. The Hall–Kier alpha value is -1.32. The van der Waals surface area contributed by atoms with Gasteiger partial charge in [-0.2, -0.15) is 5.10 Å². The Balaban J connectivity index is 1.94. The molecule has 1 N–H and O–H groups in total. The second-order valence-electron chi connectivity index (χ2n) is 4.15. The van der Waals surface area contributed by atoms with E-state index in [1.807, 2.05) is 0 Å². The Labute approximate surface area is 89.7 Å². The molecule has 1 aliphatic carbocycles. The lowest BCUT2D eigenvalue weighted by Gasteiger charge is -2.22. The highest BCUT2D eigenvalue weighted by atomic mass is 16.2. The minimum Gasteiger partial charge on any atom is -0.348 e. The van der Waals surface area contributed by atoms with Gasteiger partial charge in [-0.1, -0.05) is 19.3 Å². The molecule has 1 heterocycles. The van der Waals surface area contributed by atoms with Crippen LogP contribution in [0.25, 0.3) is 0 Å². The molecule has 0 bridgehead atoms. The summed E-state index contributed by atoms with van der Waals surface area (Å²) < 4.78 is 1.61. The maximum absolute atomic E-state index is 11.8. The van der Waals surface area contributed by atoms with E-state index in [-0.39, 0.29) is 5.91 Å². The number of hydrogen-bond donors (Lipinski definition) is 1. The molecule has 4 nitrogen and oxygen atoms in total. The quantitative estimate of drug-likeness (QED) is 0.798. The van der Waals surface area contributed by atoms with Gasteiger partial charge in [0.25, 0.3) is 5.91 Å². The monoisotopic (exact) mass is 207 g/mol. The molecule has 1 fully saturated rings. The lowest BCUT2D eigenvalue weighted by molar-refractivity contribution is 0.0918. The van der Waals surface area contributed by atoms with E-state index in [0.717, 1.165) is 12.8 Å². The van der Waals surface area contributed by atoms with E-state index < -0.39 is 0 Å². The standard InChI is InChI=1S/C11H17N3O/c1-14-10(7-8-12-14)11(15)13-9-5-3-2-4-6-9/h7-9H,2-6H2,1H3,(H,13,15). The van der Waals surface area contributed by atoms with Gasteiger partial charge in [0.05, 0.1) is 0 Å². The molecule has 0 atom stereocenters. The molecule has 1 amide bonds. The van der Waals surface area contributed by atoms with E-state index in [2.05, 4.69) is 10.4 Å². The maximum atomic E-state index is 11.8. The van der Waals surface area contributed by atoms with E-state index in [1.54, 1.807) is 24.0 Å². The van der Waals surface area contributed by atoms with Crippen LogP contribution in [0.3, 0.4) is 0 Å². The van der Waals surface area contributed by atoms with E-state index in [0.29, 0.717) is 11.7 Å². The van der Waals surface area contributed by atoms with Gasteiger partial charge in [0, 0.05) is 19.3 Å². The van der Waals surface area contributed by atoms with Crippen molar-refractivity contribution in [2.24, 2.45) is 7.05 Å². The van der Waals surface area contributed by atoms with Crippen molar-refractivity contribution in [1.82, 2.24) is 15.1 Å². The summed E-state index contributed by atoms with van der Waals surface area (Å²) in [5.74, 6) is 0.00176. The fraction of sp³-hybridized carbons (Fsp3) is 0.636. The van der Waals surface area contributed by atoms with Crippen molar-refractivity contribution in [1.29, 1.82) is 0 Å². The molecule has 15 heavy (non-hydrogen) atoms. The highest BCUT2D eigenvalue weighted by Crippen LogP contribution is 2.17. The summed E-state index contributed by atoms with van der Waals surface area (Å²) in [4.78, 5) is 11.8. The van der Waals surface area contributed by atoms with Gasteiger partial charge in [0.2, 0.25) is 0 Å². The van der Waals surface area contributed by atoms with Crippen molar-refractivity contribution in [3.05, 3.63) is 18.0 Å². The first-order valence-corrected chi connectivity index (χ1v) is 5.56. The third kappa shape index (κ3) is 2.37. The molecule has 2 rings (SSSR count). The van der Waals surface area contributed by atoms with Gasteiger partial charge in [-0.05, 0) is 18.9 Å². The SMILES string of the molecule is Cn1nccc1C(=O)NC1CCCCC1. The fourth-order valence-electron chi connectivity index (χ4n) is 2.10. The van der Waals surface area contributed by atoms with Crippen LogP contribution in [-0.2, 0) is 7.05 Å². The molecule has 0 radical (unpaired) electrons. The van der Waals surface area contributed by atoms with Crippen molar-refractivity contribution < 1.29 is 4.79 Å². The van der Waals surface area contributed by atoms with Crippen molar-refractivity contribution >= 4 is 5.91 Å². The highest BCUT2D eigenvalue weighted by Gasteiger charge is 2.17. The van der Waals surface area contributed by atoms with Gasteiger partial charge in [-0.3, -0.25) is 9.48 Å². The van der Waals surface area contributed by atoms with Crippen LogP contribution in [-0.4, -0.2) is 21.7 Å². The first-order valence-electron chi connectivity index (χ1n) is 5.56. The zero-order valence-electron chi connectivity index (χ0n) is 9.07. The van der Waals surface area contributed by atoms with Crippen molar-refractivity contribution in [3.63, 3.8) is 0 Å². The van der Waals surface area contributed by atoms with Crippen LogP contribution < -0.4 is 5.32 Å². The van der Waals surface area contributed by atoms with Crippen LogP contribution in [0.1, 0.15) is 42.6 Å². The third-order valence-corrected chi connectivity index (χ3v) is 2.99. The number of aromatic nitrogens is 2. The average molecular weight is 207 g/mol. The Morgan fingerprint density at radius 1 is 1.47 bits per heavy atom. The van der Waals surface area contributed by atoms with Crippen LogP contribution in [0.15, 0.2) is 12.3 Å². The van der Waals surface area contributed by atoms with Gasteiger partial charge in [0.1, 0.15) is 5.69 Å². The summed E-state index contributed by atoms with van der Waals surface area (Å²) in [5.41, 5.74) is 0.639. The molecule has 0 spiro atoms. The molecule has 82 valence electrons. The Morgan fingerprint density at radius 2 is 2.20 bits per heavy atom. The molecule has 1 aromatic heterocycles. The number of hydrogen-bond acceptors (Lipinski definition) is 2. The molecule has 1 aromatic rings. The third-order valence-electron chi connectivity index (χ3n) is 2.99. The number of nitrogens with one attached hydrogen (secondary N) is 1. The van der Waals surface area contributed by atoms with E-state index >= 15 is 0 Å².